The normalized spacial score (nSPS) is 19.1. The summed E-state index contributed by atoms with van der Waals surface area (Å²) in [5.41, 5.74) is 8.32. The van der Waals surface area contributed by atoms with Crippen molar-refractivity contribution in [2.45, 2.75) is 58.4 Å². The van der Waals surface area contributed by atoms with E-state index in [2.05, 4.69) is 30.9 Å². The Morgan fingerprint density at radius 1 is 1.25 bits per heavy atom. The van der Waals surface area contributed by atoms with Crippen molar-refractivity contribution in [3.8, 4) is 5.75 Å². The van der Waals surface area contributed by atoms with E-state index in [1.807, 2.05) is 6.07 Å². The van der Waals surface area contributed by atoms with Gasteiger partial charge in [0.2, 0.25) is 0 Å². The lowest BCUT2D eigenvalue weighted by molar-refractivity contribution is 0.319. The highest BCUT2D eigenvalue weighted by molar-refractivity contribution is 5.74. The molecule has 0 aliphatic carbocycles. The van der Waals surface area contributed by atoms with E-state index in [9.17, 15) is 0 Å². The van der Waals surface area contributed by atoms with Crippen LogP contribution in [0.1, 0.15) is 52.4 Å². The van der Waals surface area contributed by atoms with Crippen LogP contribution in [0.15, 0.2) is 18.2 Å². The molecule has 112 valence electrons. The number of nitrogen functional groups attached to an aromatic ring is 1. The molecule has 3 nitrogen and oxygen atoms in total. The maximum Gasteiger partial charge on any atom is 0.144 e. The average Bonchev–Trinajstić information content (AvgIpc) is 2.47. The van der Waals surface area contributed by atoms with Gasteiger partial charge in [0, 0.05) is 12.6 Å². The van der Waals surface area contributed by atoms with Gasteiger partial charge in [-0.1, -0.05) is 26.3 Å². The smallest absolute Gasteiger partial charge is 0.144 e. The number of piperidine rings is 1. The van der Waals surface area contributed by atoms with Gasteiger partial charge in [-0.3, -0.25) is 0 Å². The zero-order valence-corrected chi connectivity index (χ0v) is 12.9. The maximum atomic E-state index is 6.35. The Bertz CT molecular complexity index is 417. The molecule has 1 heterocycles. The molecule has 0 spiro atoms. The Labute approximate surface area is 123 Å². The van der Waals surface area contributed by atoms with Crippen molar-refractivity contribution in [3.05, 3.63) is 18.2 Å². The van der Waals surface area contributed by atoms with Crippen LogP contribution in [0.2, 0.25) is 0 Å². The molecule has 3 heteroatoms. The number of hydrogen-bond acceptors (Lipinski definition) is 3. The molecule has 1 aromatic carbocycles. The summed E-state index contributed by atoms with van der Waals surface area (Å²) < 4.78 is 5.76. The summed E-state index contributed by atoms with van der Waals surface area (Å²) in [6, 6.07) is 6.82. The zero-order valence-electron chi connectivity index (χ0n) is 12.9. The lowest BCUT2D eigenvalue weighted by Crippen LogP contribution is -2.39. The number of anilines is 2. The molecule has 2 N–H and O–H groups in total. The fourth-order valence-electron chi connectivity index (χ4n) is 3.07. The van der Waals surface area contributed by atoms with E-state index in [-0.39, 0.29) is 0 Å². The van der Waals surface area contributed by atoms with E-state index in [0.717, 1.165) is 36.7 Å². The molecular weight excluding hydrogens is 248 g/mol. The van der Waals surface area contributed by atoms with Gasteiger partial charge in [0.05, 0.1) is 18.0 Å². The maximum absolute atomic E-state index is 6.35. The summed E-state index contributed by atoms with van der Waals surface area (Å²) in [5.74, 6) is 0.838. The number of rotatable bonds is 6. The minimum absolute atomic E-state index is 0.637. The van der Waals surface area contributed by atoms with E-state index in [1.54, 1.807) is 0 Å². The standard InChI is InChI=1S/C17H28N2O/c1-3-8-14-9-5-6-12-19(14)15-10-7-11-16(17(15)18)20-13-4-2/h7,10-11,14H,3-6,8-9,12-13,18H2,1-2H3. The van der Waals surface area contributed by atoms with Crippen LogP contribution in [0.25, 0.3) is 0 Å². The first-order valence-corrected chi connectivity index (χ1v) is 8.05. The Morgan fingerprint density at radius 3 is 2.85 bits per heavy atom. The lowest BCUT2D eigenvalue weighted by Gasteiger charge is -2.38. The Hall–Kier alpha value is -1.38. The highest BCUT2D eigenvalue weighted by Gasteiger charge is 2.24. The van der Waals surface area contributed by atoms with Gasteiger partial charge in [0.15, 0.2) is 0 Å². The SMILES string of the molecule is CCCOc1cccc(N2CCCCC2CCC)c1N. The van der Waals surface area contributed by atoms with Gasteiger partial charge in [0.1, 0.15) is 5.75 Å². The van der Waals surface area contributed by atoms with Crippen LogP contribution in [0, 0.1) is 0 Å². The monoisotopic (exact) mass is 276 g/mol. The predicted octanol–water partition coefficient (Wildman–Crippen LogP) is 4.22. The number of ether oxygens (including phenoxy) is 1. The van der Waals surface area contributed by atoms with Crippen molar-refractivity contribution in [1.29, 1.82) is 0 Å². The first-order chi connectivity index (χ1) is 9.77. The van der Waals surface area contributed by atoms with Crippen LogP contribution in [0.5, 0.6) is 5.75 Å². The second-order valence-corrected chi connectivity index (χ2v) is 5.67. The third-order valence-electron chi connectivity index (χ3n) is 4.06. The third kappa shape index (κ3) is 3.38. The molecular formula is C17H28N2O. The zero-order chi connectivity index (χ0) is 14.4. The summed E-state index contributed by atoms with van der Waals surface area (Å²) in [4.78, 5) is 2.50. The topological polar surface area (TPSA) is 38.5 Å². The van der Waals surface area contributed by atoms with E-state index in [0.29, 0.717) is 6.04 Å². The van der Waals surface area contributed by atoms with Crippen molar-refractivity contribution in [1.82, 2.24) is 0 Å². The van der Waals surface area contributed by atoms with Gasteiger partial charge in [-0.05, 0) is 44.2 Å². The average molecular weight is 276 g/mol. The minimum atomic E-state index is 0.637. The molecule has 0 aromatic heterocycles. The molecule has 1 fully saturated rings. The molecule has 0 saturated carbocycles. The molecule has 1 saturated heterocycles. The molecule has 1 atom stereocenters. The fraction of sp³-hybridized carbons (Fsp3) is 0.647. The predicted molar refractivity (Wildman–Crippen MR) is 86.5 cm³/mol. The quantitative estimate of drug-likeness (QED) is 0.791. The van der Waals surface area contributed by atoms with Crippen LogP contribution < -0.4 is 15.4 Å². The Balaban J connectivity index is 2.21. The van der Waals surface area contributed by atoms with Crippen molar-refractivity contribution < 1.29 is 4.74 Å². The van der Waals surface area contributed by atoms with Gasteiger partial charge in [-0.2, -0.15) is 0 Å². The molecule has 0 radical (unpaired) electrons. The number of para-hydroxylation sites is 1. The minimum Gasteiger partial charge on any atom is -0.491 e. The summed E-state index contributed by atoms with van der Waals surface area (Å²) in [6.07, 6.45) is 7.37. The van der Waals surface area contributed by atoms with Gasteiger partial charge in [-0.15, -0.1) is 0 Å². The number of nitrogens with two attached hydrogens (primary N) is 1. The summed E-state index contributed by atoms with van der Waals surface area (Å²) in [7, 11) is 0. The summed E-state index contributed by atoms with van der Waals surface area (Å²) in [5, 5.41) is 0. The molecule has 0 bridgehead atoms. The fourth-order valence-corrected chi connectivity index (χ4v) is 3.07. The third-order valence-corrected chi connectivity index (χ3v) is 4.06. The van der Waals surface area contributed by atoms with Crippen LogP contribution in [-0.2, 0) is 0 Å². The molecule has 0 amide bonds. The molecule has 1 aliphatic rings. The van der Waals surface area contributed by atoms with Gasteiger partial charge < -0.3 is 15.4 Å². The second-order valence-electron chi connectivity index (χ2n) is 5.67. The van der Waals surface area contributed by atoms with Crippen LogP contribution in [0.3, 0.4) is 0 Å². The summed E-state index contributed by atoms with van der Waals surface area (Å²) in [6.45, 7) is 6.22. The Morgan fingerprint density at radius 2 is 2.10 bits per heavy atom. The molecule has 2 rings (SSSR count). The molecule has 20 heavy (non-hydrogen) atoms. The van der Waals surface area contributed by atoms with Crippen LogP contribution in [-0.4, -0.2) is 19.2 Å². The van der Waals surface area contributed by atoms with Crippen molar-refractivity contribution in [2.75, 3.05) is 23.8 Å². The number of benzene rings is 1. The van der Waals surface area contributed by atoms with E-state index < -0.39 is 0 Å². The van der Waals surface area contributed by atoms with Crippen molar-refractivity contribution >= 4 is 11.4 Å². The first-order valence-electron chi connectivity index (χ1n) is 8.05. The number of hydrogen-bond donors (Lipinski definition) is 1. The first kappa shape index (κ1) is 15.0. The highest BCUT2D eigenvalue weighted by atomic mass is 16.5. The second kappa shape index (κ2) is 7.41. The summed E-state index contributed by atoms with van der Waals surface area (Å²) >= 11 is 0. The van der Waals surface area contributed by atoms with Gasteiger partial charge >= 0.3 is 0 Å². The van der Waals surface area contributed by atoms with E-state index in [4.69, 9.17) is 10.5 Å². The van der Waals surface area contributed by atoms with Crippen LogP contribution >= 0.6 is 0 Å². The Kier molecular flexibility index (Phi) is 5.57. The van der Waals surface area contributed by atoms with E-state index in [1.165, 1.54) is 32.1 Å². The largest absolute Gasteiger partial charge is 0.491 e. The van der Waals surface area contributed by atoms with Gasteiger partial charge in [0.25, 0.3) is 0 Å². The molecule has 1 aliphatic heterocycles. The van der Waals surface area contributed by atoms with Crippen molar-refractivity contribution in [3.63, 3.8) is 0 Å². The molecule has 1 aromatic rings. The lowest BCUT2D eigenvalue weighted by atomic mass is 9.97. The molecule has 1 unspecified atom stereocenters. The van der Waals surface area contributed by atoms with Crippen LogP contribution in [0.4, 0.5) is 11.4 Å². The van der Waals surface area contributed by atoms with Gasteiger partial charge in [-0.25, -0.2) is 0 Å². The van der Waals surface area contributed by atoms with E-state index >= 15 is 0 Å². The number of nitrogens with zero attached hydrogens (tertiary/aromatic N) is 1. The van der Waals surface area contributed by atoms with Crippen molar-refractivity contribution in [2.24, 2.45) is 0 Å². The highest BCUT2D eigenvalue weighted by Crippen LogP contribution is 2.36.